The lowest BCUT2D eigenvalue weighted by molar-refractivity contribution is 0.390. The van der Waals surface area contributed by atoms with Crippen LogP contribution in [0.2, 0.25) is 0 Å². The van der Waals surface area contributed by atoms with E-state index in [1.165, 1.54) is 5.56 Å². The van der Waals surface area contributed by atoms with Gasteiger partial charge in [0.05, 0.1) is 0 Å². The van der Waals surface area contributed by atoms with Crippen molar-refractivity contribution >= 4 is 7.37 Å². The highest BCUT2D eigenvalue weighted by Gasteiger charge is 2.19. The first-order chi connectivity index (χ1) is 8.70. The van der Waals surface area contributed by atoms with E-state index in [1.807, 2.05) is 18.2 Å². The maximum Gasteiger partial charge on any atom is 0.202 e. The molecule has 3 heteroatoms. The molecule has 0 radical (unpaired) electrons. The molecule has 0 bridgehead atoms. The Kier molecular flexibility index (Phi) is 7.31. The quantitative estimate of drug-likeness (QED) is 0.478. The molecule has 1 rings (SSSR count). The minimum absolute atomic E-state index is 0.710. The first kappa shape index (κ1) is 15.5. The lowest BCUT2D eigenvalue weighted by atomic mass is 10.1. The van der Waals surface area contributed by atoms with Crippen LogP contribution in [0.3, 0.4) is 0 Å². The Labute approximate surface area is 111 Å². The standard InChI is InChI=1S/C15H25O2P/c1-3-4-8-13-18(16,17-2)14-9-12-15-10-6-5-7-11-15/h5-7,10-11H,3-4,8-9,12-14H2,1-2H3. The van der Waals surface area contributed by atoms with Crippen molar-refractivity contribution in [1.82, 2.24) is 0 Å². The number of unbranched alkanes of at least 4 members (excludes halogenated alkanes) is 2. The Hall–Kier alpha value is -0.590. The van der Waals surface area contributed by atoms with Crippen molar-refractivity contribution < 1.29 is 9.09 Å². The minimum Gasteiger partial charge on any atom is -0.332 e. The fraction of sp³-hybridized carbons (Fsp3) is 0.600. The molecule has 0 heterocycles. The van der Waals surface area contributed by atoms with Crippen molar-refractivity contribution in [2.24, 2.45) is 0 Å². The average Bonchev–Trinajstić information content (AvgIpc) is 2.40. The smallest absolute Gasteiger partial charge is 0.202 e. The second-order valence-electron chi connectivity index (χ2n) is 4.74. The van der Waals surface area contributed by atoms with E-state index in [9.17, 15) is 4.57 Å². The molecule has 18 heavy (non-hydrogen) atoms. The van der Waals surface area contributed by atoms with Gasteiger partial charge in [-0.1, -0.05) is 50.1 Å². The van der Waals surface area contributed by atoms with E-state index >= 15 is 0 Å². The molecule has 0 saturated carbocycles. The summed E-state index contributed by atoms with van der Waals surface area (Å²) in [5, 5.41) is 0. The number of benzene rings is 1. The fourth-order valence-corrected chi connectivity index (χ4v) is 4.00. The highest BCUT2D eigenvalue weighted by molar-refractivity contribution is 7.58. The van der Waals surface area contributed by atoms with Crippen LogP contribution in [0.25, 0.3) is 0 Å². The lowest BCUT2D eigenvalue weighted by Crippen LogP contribution is -1.99. The maximum atomic E-state index is 12.4. The molecule has 102 valence electrons. The van der Waals surface area contributed by atoms with Crippen molar-refractivity contribution in [3.05, 3.63) is 35.9 Å². The molecule has 0 spiro atoms. The molecule has 1 unspecified atom stereocenters. The van der Waals surface area contributed by atoms with Gasteiger partial charge in [0.1, 0.15) is 0 Å². The van der Waals surface area contributed by atoms with E-state index < -0.39 is 7.37 Å². The van der Waals surface area contributed by atoms with Crippen LogP contribution >= 0.6 is 7.37 Å². The van der Waals surface area contributed by atoms with Crippen LogP contribution in [0.4, 0.5) is 0 Å². The predicted molar refractivity (Wildman–Crippen MR) is 78.6 cm³/mol. The molecule has 0 aliphatic rings. The minimum atomic E-state index is -2.37. The molecule has 0 aliphatic heterocycles. The number of rotatable bonds is 9. The SMILES string of the molecule is CCCCCP(=O)(CCCc1ccccc1)OC. The van der Waals surface area contributed by atoms with E-state index in [0.29, 0.717) is 6.16 Å². The Morgan fingerprint density at radius 3 is 2.33 bits per heavy atom. The van der Waals surface area contributed by atoms with E-state index in [0.717, 1.165) is 38.3 Å². The monoisotopic (exact) mass is 268 g/mol. The summed E-state index contributed by atoms with van der Waals surface area (Å²) in [6.45, 7) is 2.16. The molecule has 0 fully saturated rings. The molecule has 0 aliphatic carbocycles. The highest BCUT2D eigenvalue weighted by atomic mass is 31.2. The Morgan fingerprint density at radius 1 is 1.06 bits per heavy atom. The van der Waals surface area contributed by atoms with Crippen LogP contribution in [0.5, 0.6) is 0 Å². The second kappa shape index (κ2) is 8.50. The van der Waals surface area contributed by atoms with Crippen molar-refractivity contribution in [1.29, 1.82) is 0 Å². The zero-order chi connectivity index (χ0) is 13.3. The first-order valence-corrected chi connectivity index (χ1v) is 8.87. The third-order valence-electron chi connectivity index (χ3n) is 3.24. The normalized spacial score (nSPS) is 14.3. The van der Waals surface area contributed by atoms with Gasteiger partial charge < -0.3 is 4.52 Å². The number of aryl methyl sites for hydroxylation is 1. The van der Waals surface area contributed by atoms with Gasteiger partial charge in [-0.05, 0) is 24.8 Å². The van der Waals surface area contributed by atoms with Crippen molar-refractivity contribution in [2.45, 2.75) is 39.0 Å². The van der Waals surface area contributed by atoms with Crippen LogP contribution in [0.1, 0.15) is 38.2 Å². The second-order valence-corrected chi connectivity index (χ2v) is 7.63. The van der Waals surface area contributed by atoms with E-state index in [-0.39, 0.29) is 0 Å². The zero-order valence-electron chi connectivity index (χ0n) is 11.6. The van der Waals surface area contributed by atoms with E-state index in [2.05, 4.69) is 19.1 Å². The van der Waals surface area contributed by atoms with E-state index in [4.69, 9.17) is 4.52 Å². The van der Waals surface area contributed by atoms with Crippen LogP contribution in [-0.4, -0.2) is 19.4 Å². The molecule has 0 saturated heterocycles. The largest absolute Gasteiger partial charge is 0.332 e. The summed E-state index contributed by atoms with van der Waals surface area (Å²) in [5.41, 5.74) is 1.31. The first-order valence-electron chi connectivity index (χ1n) is 6.88. The van der Waals surface area contributed by atoms with Gasteiger partial charge in [0.15, 0.2) is 0 Å². The van der Waals surface area contributed by atoms with E-state index in [1.54, 1.807) is 7.11 Å². The molecule has 0 aromatic heterocycles. The van der Waals surface area contributed by atoms with Crippen LogP contribution in [0, 0.1) is 0 Å². The summed E-state index contributed by atoms with van der Waals surface area (Å²) in [4.78, 5) is 0. The third-order valence-corrected chi connectivity index (χ3v) is 5.90. The molecular weight excluding hydrogens is 243 g/mol. The number of hydrogen-bond donors (Lipinski definition) is 0. The molecule has 2 nitrogen and oxygen atoms in total. The van der Waals surface area contributed by atoms with Crippen LogP contribution in [-0.2, 0) is 15.5 Å². The zero-order valence-corrected chi connectivity index (χ0v) is 12.5. The van der Waals surface area contributed by atoms with Crippen molar-refractivity contribution in [3.63, 3.8) is 0 Å². The fourth-order valence-electron chi connectivity index (χ4n) is 2.07. The summed E-state index contributed by atoms with van der Waals surface area (Å²) in [5.74, 6) is 0. The summed E-state index contributed by atoms with van der Waals surface area (Å²) < 4.78 is 17.7. The Bertz CT molecular complexity index is 362. The van der Waals surface area contributed by atoms with Gasteiger partial charge in [-0.25, -0.2) is 0 Å². The van der Waals surface area contributed by atoms with Gasteiger partial charge >= 0.3 is 0 Å². The van der Waals surface area contributed by atoms with Crippen molar-refractivity contribution in [2.75, 3.05) is 19.4 Å². The van der Waals surface area contributed by atoms with Crippen LogP contribution in [0.15, 0.2) is 30.3 Å². The summed E-state index contributed by atoms with van der Waals surface area (Å²) in [7, 11) is -0.774. The van der Waals surface area contributed by atoms with Gasteiger partial charge in [-0.2, -0.15) is 0 Å². The molecule has 1 aromatic rings. The highest BCUT2D eigenvalue weighted by Crippen LogP contribution is 2.47. The molecule has 1 atom stereocenters. The molecule has 0 amide bonds. The predicted octanol–water partition coefficient (Wildman–Crippen LogP) is 4.73. The lowest BCUT2D eigenvalue weighted by Gasteiger charge is -2.15. The maximum absolute atomic E-state index is 12.4. The molecular formula is C15H25O2P. The summed E-state index contributed by atoms with van der Waals surface area (Å²) in [6, 6.07) is 10.4. The topological polar surface area (TPSA) is 26.3 Å². The van der Waals surface area contributed by atoms with Crippen molar-refractivity contribution in [3.8, 4) is 0 Å². The van der Waals surface area contributed by atoms with Gasteiger partial charge in [0.25, 0.3) is 0 Å². The Morgan fingerprint density at radius 2 is 1.72 bits per heavy atom. The van der Waals surface area contributed by atoms with Crippen LogP contribution < -0.4 is 0 Å². The average molecular weight is 268 g/mol. The van der Waals surface area contributed by atoms with Gasteiger partial charge in [0.2, 0.25) is 7.37 Å². The Balaban J connectivity index is 2.32. The number of hydrogen-bond acceptors (Lipinski definition) is 2. The summed E-state index contributed by atoms with van der Waals surface area (Å²) >= 11 is 0. The van der Waals surface area contributed by atoms with Gasteiger partial charge in [0, 0.05) is 19.4 Å². The third kappa shape index (κ3) is 5.84. The molecule has 1 aromatic carbocycles. The summed E-state index contributed by atoms with van der Waals surface area (Å²) in [6.07, 6.45) is 6.71. The molecule has 0 N–H and O–H groups in total. The van der Waals surface area contributed by atoms with Gasteiger partial charge in [-0.3, -0.25) is 4.57 Å². The van der Waals surface area contributed by atoms with Gasteiger partial charge in [-0.15, -0.1) is 0 Å².